The van der Waals surface area contributed by atoms with Crippen molar-refractivity contribution in [3.05, 3.63) is 48.4 Å². The van der Waals surface area contributed by atoms with Gasteiger partial charge in [-0.1, -0.05) is 12.1 Å². The Labute approximate surface area is 128 Å². The minimum Gasteiger partial charge on any atom is -0.508 e. The van der Waals surface area contributed by atoms with Crippen molar-refractivity contribution in [3.8, 4) is 5.75 Å². The number of benzene rings is 1. The van der Waals surface area contributed by atoms with E-state index in [0.717, 1.165) is 30.3 Å². The Morgan fingerprint density at radius 1 is 1.18 bits per heavy atom. The van der Waals surface area contributed by atoms with Gasteiger partial charge in [-0.25, -0.2) is 9.97 Å². The van der Waals surface area contributed by atoms with E-state index < -0.39 is 0 Å². The lowest BCUT2D eigenvalue weighted by Gasteiger charge is -2.14. The number of nitrogens with zero attached hydrogens (tertiary/aromatic N) is 3. The molecule has 5 nitrogen and oxygen atoms in total. The van der Waals surface area contributed by atoms with Crippen molar-refractivity contribution in [2.75, 3.05) is 5.73 Å². The van der Waals surface area contributed by atoms with Crippen molar-refractivity contribution in [2.45, 2.75) is 31.2 Å². The minimum atomic E-state index is 0.341. The molecule has 2 heterocycles. The molecule has 0 amide bonds. The fourth-order valence-electron chi connectivity index (χ4n) is 3.58. The van der Waals surface area contributed by atoms with Crippen LogP contribution in [0.15, 0.2) is 42.9 Å². The maximum atomic E-state index is 9.66. The van der Waals surface area contributed by atoms with Crippen LogP contribution in [0.2, 0.25) is 0 Å². The molecule has 1 saturated carbocycles. The van der Waals surface area contributed by atoms with Crippen LogP contribution in [0.3, 0.4) is 0 Å². The van der Waals surface area contributed by atoms with Crippen LogP contribution in [0, 0.1) is 0 Å². The molecule has 1 aliphatic rings. The van der Waals surface area contributed by atoms with Crippen LogP contribution in [-0.4, -0.2) is 19.6 Å². The average molecular weight is 294 g/mol. The summed E-state index contributed by atoms with van der Waals surface area (Å²) in [6.45, 7) is 0. The quantitative estimate of drug-likeness (QED) is 0.760. The summed E-state index contributed by atoms with van der Waals surface area (Å²) >= 11 is 0. The molecule has 0 spiro atoms. The van der Waals surface area contributed by atoms with E-state index in [4.69, 9.17) is 5.73 Å². The molecule has 2 unspecified atom stereocenters. The number of phenolic OH excluding ortho intramolecular Hbond substituents is 1. The molecule has 3 aromatic rings. The van der Waals surface area contributed by atoms with E-state index in [-0.39, 0.29) is 0 Å². The summed E-state index contributed by atoms with van der Waals surface area (Å²) in [5.74, 6) is 1.35. The highest BCUT2D eigenvalue weighted by atomic mass is 16.3. The zero-order valence-electron chi connectivity index (χ0n) is 12.2. The highest BCUT2D eigenvalue weighted by Crippen LogP contribution is 2.42. The molecule has 0 saturated heterocycles. The second-order valence-electron chi connectivity index (χ2n) is 5.98. The molecule has 4 rings (SSSR count). The maximum absolute atomic E-state index is 9.66. The molecule has 112 valence electrons. The third kappa shape index (κ3) is 2.09. The first-order valence-corrected chi connectivity index (χ1v) is 7.58. The SMILES string of the molecule is Nc1ncnc2c1ccn2C1CCC(c2cccc(O)c2)C1. The molecule has 0 aliphatic heterocycles. The normalized spacial score (nSPS) is 21.5. The van der Waals surface area contributed by atoms with Crippen LogP contribution in [0.5, 0.6) is 5.75 Å². The smallest absolute Gasteiger partial charge is 0.145 e. The van der Waals surface area contributed by atoms with Crippen molar-refractivity contribution >= 4 is 16.9 Å². The standard InChI is InChI=1S/C17H18N4O/c18-16-15-6-7-21(17(15)20-10-19-16)13-5-4-12(8-13)11-2-1-3-14(22)9-11/h1-3,6-7,9-10,12-13,22H,4-5,8H2,(H2,18,19,20). The average Bonchev–Trinajstić information content (AvgIpc) is 3.14. The lowest BCUT2D eigenvalue weighted by Crippen LogP contribution is -2.05. The van der Waals surface area contributed by atoms with Crippen LogP contribution in [0.4, 0.5) is 5.82 Å². The van der Waals surface area contributed by atoms with Crippen molar-refractivity contribution in [1.82, 2.24) is 14.5 Å². The Morgan fingerprint density at radius 2 is 2.09 bits per heavy atom. The van der Waals surface area contributed by atoms with Gasteiger partial charge in [-0.05, 0) is 48.9 Å². The van der Waals surface area contributed by atoms with E-state index in [1.165, 1.54) is 11.9 Å². The number of nitrogen functional groups attached to an aromatic ring is 1. The topological polar surface area (TPSA) is 77.0 Å². The highest BCUT2D eigenvalue weighted by Gasteiger charge is 2.28. The zero-order chi connectivity index (χ0) is 15.1. The monoisotopic (exact) mass is 294 g/mol. The maximum Gasteiger partial charge on any atom is 0.145 e. The van der Waals surface area contributed by atoms with Crippen LogP contribution in [0.1, 0.15) is 36.8 Å². The van der Waals surface area contributed by atoms with E-state index in [9.17, 15) is 5.11 Å². The van der Waals surface area contributed by atoms with E-state index in [2.05, 4.69) is 26.8 Å². The molecule has 0 radical (unpaired) electrons. The van der Waals surface area contributed by atoms with Crippen LogP contribution >= 0.6 is 0 Å². The van der Waals surface area contributed by atoms with Crippen LogP contribution in [0.25, 0.3) is 11.0 Å². The van der Waals surface area contributed by atoms with Gasteiger partial charge in [0.2, 0.25) is 0 Å². The van der Waals surface area contributed by atoms with Gasteiger partial charge < -0.3 is 15.4 Å². The number of aromatic nitrogens is 3. The highest BCUT2D eigenvalue weighted by molar-refractivity contribution is 5.86. The van der Waals surface area contributed by atoms with E-state index in [1.807, 2.05) is 18.2 Å². The van der Waals surface area contributed by atoms with Gasteiger partial charge in [0.15, 0.2) is 0 Å². The van der Waals surface area contributed by atoms with Crippen LogP contribution < -0.4 is 5.73 Å². The summed E-state index contributed by atoms with van der Waals surface area (Å²) < 4.78 is 2.22. The van der Waals surface area contributed by atoms with E-state index in [0.29, 0.717) is 23.5 Å². The first-order chi connectivity index (χ1) is 10.7. The van der Waals surface area contributed by atoms with Gasteiger partial charge in [-0.15, -0.1) is 0 Å². The van der Waals surface area contributed by atoms with Gasteiger partial charge in [0.1, 0.15) is 23.5 Å². The summed E-state index contributed by atoms with van der Waals surface area (Å²) in [7, 11) is 0. The lowest BCUT2D eigenvalue weighted by atomic mass is 9.97. The Hall–Kier alpha value is -2.56. The van der Waals surface area contributed by atoms with E-state index >= 15 is 0 Å². The van der Waals surface area contributed by atoms with Crippen molar-refractivity contribution in [3.63, 3.8) is 0 Å². The van der Waals surface area contributed by atoms with Gasteiger partial charge in [0.05, 0.1) is 5.39 Å². The predicted octanol–water partition coefficient (Wildman–Crippen LogP) is 3.23. The second-order valence-corrected chi connectivity index (χ2v) is 5.98. The molecular formula is C17H18N4O. The first kappa shape index (κ1) is 13.1. The van der Waals surface area contributed by atoms with Gasteiger partial charge in [-0.3, -0.25) is 0 Å². The third-order valence-corrected chi connectivity index (χ3v) is 4.68. The summed E-state index contributed by atoms with van der Waals surface area (Å²) in [6.07, 6.45) is 6.86. The largest absolute Gasteiger partial charge is 0.508 e. The predicted molar refractivity (Wildman–Crippen MR) is 85.7 cm³/mol. The molecule has 0 bridgehead atoms. The summed E-state index contributed by atoms with van der Waals surface area (Å²) in [5.41, 5.74) is 8.04. The number of aromatic hydroxyl groups is 1. The fourth-order valence-corrected chi connectivity index (χ4v) is 3.58. The molecule has 2 atom stereocenters. The summed E-state index contributed by atoms with van der Waals surface area (Å²) in [6, 6.07) is 10.0. The number of anilines is 1. The van der Waals surface area contributed by atoms with Crippen molar-refractivity contribution < 1.29 is 5.11 Å². The number of nitrogens with two attached hydrogens (primary N) is 1. The van der Waals surface area contributed by atoms with E-state index in [1.54, 1.807) is 6.07 Å². The summed E-state index contributed by atoms with van der Waals surface area (Å²) in [5, 5.41) is 10.6. The molecule has 2 aromatic heterocycles. The third-order valence-electron chi connectivity index (χ3n) is 4.68. The Balaban J connectivity index is 1.63. The minimum absolute atomic E-state index is 0.341. The van der Waals surface area contributed by atoms with Crippen LogP contribution in [-0.2, 0) is 0 Å². The zero-order valence-corrected chi connectivity index (χ0v) is 12.2. The van der Waals surface area contributed by atoms with Gasteiger partial charge in [0.25, 0.3) is 0 Å². The van der Waals surface area contributed by atoms with Gasteiger partial charge >= 0.3 is 0 Å². The van der Waals surface area contributed by atoms with Gasteiger partial charge in [-0.2, -0.15) is 0 Å². The molecular weight excluding hydrogens is 276 g/mol. The van der Waals surface area contributed by atoms with Gasteiger partial charge in [0, 0.05) is 12.2 Å². The molecule has 1 aliphatic carbocycles. The second kappa shape index (κ2) is 5.02. The van der Waals surface area contributed by atoms with Crippen molar-refractivity contribution in [1.29, 1.82) is 0 Å². The number of phenols is 1. The number of hydrogen-bond donors (Lipinski definition) is 2. The molecule has 5 heteroatoms. The molecule has 3 N–H and O–H groups in total. The lowest BCUT2D eigenvalue weighted by molar-refractivity contribution is 0.473. The van der Waals surface area contributed by atoms with Crippen molar-refractivity contribution in [2.24, 2.45) is 0 Å². The Bertz CT molecular complexity index is 826. The molecule has 22 heavy (non-hydrogen) atoms. The first-order valence-electron chi connectivity index (χ1n) is 7.58. The number of rotatable bonds is 2. The Kier molecular flexibility index (Phi) is 2.99. The molecule has 1 aromatic carbocycles. The number of fused-ring (bicyclic) bond motifs is 1. The molecule has 1 fully saturated rings. The number of hydrogen-bond acceptors (Lipinski definition) is 4. The summed E-state index contributed by atoms with van der Waals surface area (Å²) in [4.78, 5) is 8.44. The fraction of sp³-hybridized carbons (Fsp3) is 0.294. The Morgan fingerprint density at radius 3 is 2.95 bits per heavy atom.